The molecule has 12 nitrogen and oxygen atoms in total. The van der Waals surface area contributed by atoms with Gasteiger partial charge in [0.1, 0.15) is 12.7 Å². The van der Waals surface area contributed by atoms with E-state index in [4.69, 9.17) is 19.1 Å². The highest BCUT2D eigenvalue weighted by Crippen LogP contribution is 2.43. The van der Waals surface area contributed by atoms with Crippen LogP contribution in [0.2, 0.25) is 0 Å². The van der Waals surface area contributed by atoms with Crippen LogP contribution in [0.1, 0.15) is 142 Å². The van der Waals surface area contributed by atoms with Gasteiger partial charge >= 0.3 is 19.8 Å². The summed E-state index contributed by atoms with van der Waals surface area (Å²) < 4.78 is 32.7. The van der Waals surface area contributed by atoms with Crippen molar-refractivity contribution in [2.45, 2.75) is 161 Å². The lowest BCUT2D eigenvalue weighted by Gasteiger charge is -2.20. The van der Waals surface area contributed by atoms with Gasteiger partial charge in [0.25, 0.3) is 0 Å². The molecule has 0 aliphatic heterocycles. The molecule has 1 aliphatic rings. The zero-order valence-electron chi connectivity index (χ0n) is 35.8. The Hall–Kier alpha value is -2.96. The van der Waals surface area contributed by atoms with Crippen molar-refractivity contribution in [1.29, 1.82) is 0 Å². The van der Waals surface area contributed by atoms with E-state index in [0.29, 0.717) is 32.1 Å². The maximum atomic E-state index is 12.6. The molecule has 0 saturated heterocycles. The number of aliphatic hydroxyl groups is 3. The van der Waals surface area contributed by atoms with Crippen LogP contribution in [0.15, 0.2) is 72.9 Å². The zero-order valence-corrected chi connectivity index (χ0v) is 36.7. The number of ketones is 1. The third-order valence-corrected chi connectivity index (χ3v) is 10.5. The second-order valence-electron chi connectivity index (χ2n) is 15.0. The molecule has 0 aromatic carbocycles. The topological polar surface area (TPSA) is 186 Å². The highest BCUT2D eigenvalue weighted by Gasteiger charge is 2.28. The van der Waals surface area contributed by atoms with Crippen molar-refractivity contribution >= 4 is 25.5 Å². The van der Waals surface area contributed by atoms with Gasteiger partial charge in [-0.05, 0) is 82.6 Å². The number of aliphatic hydroxyl groups excluding tert-OH is 3. The second-order valence-corrected chi connectivity index (χ2v) is 16.5. The van der Waals surface area contributed by atoms with Gasteiger partial charge in [-0.25, -0.2) is 4.57 Å². The number of allylic oxidation sites excluding steroid dienone is 11. The number of ether oxygens (including phenoxy) is 2. The smallest absolute Gasteiger partial charge is 0.462 e. The molecule has 1 aliphatic carbocycles. The molecule has 336 valence electrons. The largest absolute Gasteiger partial charge is 0.472 e. The third-order valence-electron chi connectivity index (χ3n) is 9.58. The van der Waals surface area contributed by atoms with E-state index in [2.05, 4.69) is 54.8 Å². The molecule has 0 heterocycles. The van der Waals surface area contributed by atoms with Crippen LogP contribution in [0.25, 0.3) is 0 Å². The first-order valence-electron chi connectivity index (χ1n) is 22.0. The van der Waals surface area contributed by atoms with Crippen LogP contribution in [0.4, 0.5) is 0 Å². The maximum Gasteiger partial charge on any atom is 0.472 e. The maximum absolute atomic E-state index is 12.6. The molecule has 0 bridgehead atoms. The number of phosphoric acid groups is 1. The van der Waals surface area contributed by atoms with Gasteiger partial charge in [-0.15, -0.1) is 0 Å². The van der Waals surface area contributed by atoms with E-state index in [-0.39, 0.29) is 30.5 Å². The number of phosphoric ester groups is 1. The molecule has 0 spiro atoms. The fourth-order valence-corrected chi connectivity index (χ4v) is 6.84. The second kappa shape index (κ2) is 35.8. The number of esters is 2. The summed E-state index contributed by atoms with van der Waals surface area (Å²) in [6, 6.07) is 0. The fraction of sp³-hybridized carbons (Fsp3) is 0.674. The molecule has 6 atom stereocenters. The molecule has 1 rings (SSSR count). The van der Waals surface area contributed by atoms with E-state index in [1.807, 2.05) is 24.3 Å². The first kappa shape index (κ1) is 54.1. The van der Waals surface area contributed by atoms with Crippen molar-refractivity contribution in [3.8, 4) is 0 Å². The Kier molecular flexibility index (Phi) is 32.8. The van der Waals surface area contributed by atoms with Crippen molar-refractivity contribution in [3.05, 3.63) is 72.9 Å². The molecule has 0 radical (unpaired) electrons. The predicted octanol–water partition coefficient (Wildman–Crippen LogP) is 9.28. The van der Waals surface area contributed by atoms with Crippen molar-refractivity contribution < 1.29 is 57.7 Å². The normalized spacial score (nSPS) is 18.5. The molecule has 1 unspecified atom stereocenters. The summed E-state index contributed by atoms with van der Waals surface area (Å²) in [5.41, 5.74) is 0. The minimum atomic E-state index is -4.68. The van der Waals surface area contributed by atoms with E-state index < -0.39 is 64.5 Å². The van der Waals surface area contributed by atoms with E-state index in [0.717, 1.165) is 64.2 Å². The quantitative estimate of drug-likeness (QED) is 0.0201. The van der Waals surface area contributed by atoms with Crippen LogP contribution < -0.4 is 0 Å². The van der Waals surface area contributed by atoms with Gasteiger partial charge in [0, 0.05) is 18.8 Å². The highest BCUT2D eigenvalue weighted by atomic mass is 31.2. The van der Waals surface area contributed by atoms with Crippen molar-refractivity contribution in [1.82, 2.24) is 0 Å². The Morgan fingerprint density at radius 1 is 0.746 bits per heavy atom. The van der Waals surface area contributed by atoms with Crippen LogP contribution in [-0.4, -0.2) is 82.7 Å². The first-order valence-corrected chi connectivity index (χ1v) is 23.4. The molecule has 13 heteroatoms. The van der Waals surface area contributed by atoms with E-state index in [1.54, 1.807) is 12.2 Å². The van der Waals surface area contributed by atoms with Crippen LogP contribution in [0, 0.1) is 11.8 Å². The molecule has 4 N–H and O–H groups in total. The molecule has 0 saturated carbocycles. The molecule has 0 amide bonds. The van der Waals surface area contributed by atoms with Crippen LogP contribution >= 0.6 is 7.82 Å². The summed E-state index contributed by atoms with van der Waals surface area (Å²) >= 11 is 0. The van der Waals surface area contributed by atoms with Crippen molar-refractivity contribution in [2.24, 2.45) is 11.8 Å². The number of carbonyl (C=O) groups is 3. The monoisotopic (exact) mass is 850 g/mol. The highest BCUT2D eigenvalue weighted by molar-refractivity contribution is 7.47. The average molecular weight is 851 g/mol. The first-order chi connectivity index (χ1) is 28.5. The Morgan fingerprint density at radius 3 is 2.03 bits per heavy atom. The van der Waals surface area contributed by atoms with Gasteiger partial charge in [-0.2, -0.15) is 0 Å². The van der Waals surface area contributed by atoms with E-state index in [1.165, 1.54) is 19.3 Å². The summed E-state index contributed by atoms with van der Waals surface area (Å²) in [5.74, 6) is -1.37. The van der Waals surface area contributed by atoms with Crippen LogP contribution in [0.5, 0.6) is 0 Å². The molecule has 0 aromatic rings. The summed E-state index contributed by atoms with van der Waals surface area (Å²) in [7, 11) is -4.68. The Morgan fingerprint density at radius 2 is 1.34 bits per heavy atom. The van der Waals surface area contributed by atoms with Crippen molar-refractivity contribution in [2.75, 3.05) is 26.4 Å². The Balaban J connectivity index is 2.45. The van der Waals surface area contributed by atoms with Gasteiger partial charge in [0.2, 0.25) is 0 Å². The predicted molar refractivity (Wildman–Crippen MR) is 232 cm³/mol. The third kappa shape index (κ3) is 30.7. The van der Waals surface area contributed by atoms with Crippen molar-refractivity contribution in [3.63, 3.8) is 0 Å². The average Bonchev–Trinajstić information content (AvgIpc) is 3.57. The van der Waals surface area contributed by atoms with Gasteiger partial charge in [-0.1, -0.05) is 126 Å². The number of rotatable bonds is 37. The number of carbonyl (C=O) groups excluding carboxylic acids is 3. The number of unbranched alkanes of at least 4 members (excludes halogenated alkanes) is 10. The lowest BCUT2D eigenvalue weighted by atomic mass is 9.90. The SMILES string of the molecule is CCCCC/C=C\C/C=C\C/C=C\CCCCCCC(=O)O[C@H](COC(=O)CCC/C=C\C[C@H]1C=CC(=O)[C@@H]1/C=C/[C@@H](O)CCCCC)COP(=O)(O)OC[C@@H](O)CO. The van der Waals surface area contributed by atoms with E-state index >= 15 is 0 Å². The minimum Gasteiger partial charge on any atom is -0.462 e. The van der Waals surface area contributed by atoms with E-state index in [9.17, 15) is 34.1 Å². The Labute approximate surface area is 354 Å². The summed E-state index contributed by atoms with van der Waals surface area (Å²) in [6.45, 7) is 1.98. The summed E-state index contributed by atoms with van der Waals surface area (Å²) in [5, 5.41) is 28.6. The van der Waals surface area contributed by atoms with Gasteiger partial charge in [0.15, 0.2) is 11.9 Å². The van der Waals surface area contributed by atoms with Crippen LogP contribution in [-0.2, 0) is 37.5 Å². The minimum absolute atomic E-state index is 0.00638. The summed E-state index contributed by atoms with van der Waals surface area (Å²) in [4.78, 5) is 47.5. The molecule has 0 aromatic heterocycles. The number of hydrogen-bond acceptors (Lipinski definition) is 11. The molecule has 0 fully saturated rings. The lowest BCUT2D eigenvalue weighted by Crippen LogP contribution is -2.29. The molecular weight excluding hydrogens is 775 g/mol. The van der Waals surface area contributed by atoms with Gasteiger partial charge < -0.3 is 29.7 Å². The lowest BCUT2D eigenvalue weighted by molar-refractivity contribution is -0.161. The van der Waals surface area contributed by atoms with Gasteiger partial charge in [-0.3, -0.25) is 23.4 Å². The molecule has 59 heavy (non-hydrogen) atoms. The summed E-state index contributed by atoms with van der Waals surface area (Å²) in [6.07, 6.45) is 37.8. The van der Waals surface area contributed by atoms with Gasteiger partial charge in [0.05, 0.1) is 25.9 Å². The standard InChI is InChI=1S/C46H75O12P/c1-3-5-7-8-9-10-11-12-13-14-15-16-17-18-19-20-26-30-46(52)58-42(38-57-59(53,54)56-36-41(49)35-47)37-55-45(51)29-25-22-21-24-27-39-31-34-44(50)43(39)33-32-40(48)28-23-6-4-2/h9-10,12-13,15-16,21,24,31-34,39-43,47-49H,3-8,11,14,17-20,22-23,25-30,35-38H2,1-2H3,(H,53,54)/b10-9-,13-12-,16-15-,24-21-,33-32+/t39-,40-,41-,42+,43+/m0/s1. The molecular formula is C46H75O12P. The van der Waals surface area contributed by atoms with Crippen LogP contribution in [0.3, 0.4) is 0 Å². The Bertz CT molecular complexity index is 1350. The zero-order chi connectivity index (χ0) is 43.4. The fourth-order valence-electron chi connectivity index (χ4n) is 6.05. The number of hydrogen-bond donors (Lipinski definition) is 4.